The Morgan fingerprint density at radius 2 is 1.72 bits per heavy atom. The maximum atomic E-state index is 12.5. The van der Waals surface area contributed by atoms with Crippen molar-refractivity contribution < 1.29 is 14.3 Å². The highest BCUT2D eigenvalue weighted by Crippen LogP contribution is 2.28. The fourth-order valence-corrected chi connectivity index (χ4v) is 2.87. The molecule has 0 saturated heterocycles. The molecule has 0 saturated carbocycles. The van der Waals surface area contributed by atoms with Crippen molar-refractivity contribution in [3.63, 3.8) is 0 Å². The van der Waals surface area contributed by atoms with Crippen LogP contribution in [0.4, 0.5) is 0 Å². The Morgan fingerprint density at radius 3 is 2.45 bits per heavy atom. The van der Waals surface area contributed by atoms with Crippen LogP contribution in [0.1, 0.15) is 17.3 Å². The average Bonchev–Trinajstić information content (AvgIpc) is 3.21. The summed E-state index contributed by atoms with van der Waals surface area (Å²) in [6.45, 7) is 2.04. The Kier molecular flexibility index (Phi) is 5.29. The predicted octanol–water partition coefficient (Wildman–Crippen LogP) is 4.30. The van der Waals surface area contributed by atoms with Gasteiger partial charge in [-0.15, -0.1) is 0 Å². The van der Waals surface area contributed by atoms with Crippen molar-refractivity contribution in [1.29, 1.82) is 0 Å². The van der Waals surface area contributed by atoms with Gasteiger partial charge in [0.2, 0.25) is 5.88 Å². The van der Waals surface area contributed by atoms with Gasteiger partial charge < -0.3 is 9.47 Å². The Bertz CT molecular complexity index is 1110. The lowest BCUT2D eigenvalue weighted by molar-refractivity contribution is 0.0527. The van der Waals surface area contributed by atoms with Crippen LogP contribution < -0.4 is 4.74 Å². The number of aromatic nitrogens is 4. The molecule has 0 atom stereocenters. The van der Waals surface area contributed by atoms with E-state index < -0.39 is 5.97 Å². The molecule has 144 valence electrons. The largest absolute Gasteiger partial charge is 0.462 e. The summed E-state index contributed by atoms with van der Waals surface area (Å²) in [4.78, 5) is 20.9. The Labute approximate surface area is 167 Å². The molecule has 0 unspecified atom stereocenters. The van der Waals surface area contributed by atoms with Gasteiger partial charge in [0.05, 0.1) is 18.5 Å². The van der Waals surface area contributed by atoms with Crippen LogP contribution in [-0.2, 0) is 4.74 Å². The summed E-state index contributed by atoms with van der Waals surface area (Å²) < 4.78 is 12.6. The van der Waals surface area contributed by atoms with Crippen LogP contribution in [0, 0.1) is 0 Å². The number of carbonyl (C=O) groups excluding carboxylic acids is 1. The summed E-state index contributed by atoms with van der Waals surface area (Å²) in [5.74, 6) is 1.06. The summed E-state index contributed by atoms with van der Waals surface area (Å²) in [7, 11) is 0. The molecule has 2 heterocycles. The molecular weight excluding hydrogens is 368 g/mol. The molecule has 0 aliphatic carbocycles. The summed E-state index contributed by atoms with van der Waals surface area (Å²) in [5, 5.41) is 4.38. The first-order valence-electron chi connectivity index (χ1n) is 9.12. The quantitative estimate of drug-likeness (QED) is 0.460. The van der Waals surface area contributed by atoms with Crippen molar-refractivity contribution >= 4 is 5.97 Å². The number of para-hydroxylation sites is 1. The van der Waals surface area contributed by atoms with E-state index in [1.807, 2.05) is 60.7 Å². The van der Waals surface area contributed by atoms with Crippen LogP contribution in [-0.4, -0.2) is 32.3 Å². The van der Waals surface area contributed by atoms with E-state index in [0.29, 0.717) is 28.7 Å². The third kappa shape index (κ3) is 3.98. The van der Waals surface area contributed by atoms with E-state index in [1.54, 1.807) is 17.7 Å². The van der Waals surface area contributed by atoms with E-state index in [0.717, 1.165) is 5.56 Å². The van der Waals surface area contributed by atoms with Crippen molar-refractivity contribution in [3.8, 4) is 28.7 Å². The fourth-order valence-electron chi connectivity index (χ4n) is 2.87. The SMILES string of the molecule is CCOC(=O)c1cnn(-c2cc(Oc3ccccc3)ncn2)c1-c1ccccc1. The lowest BCUT2D eigenvalue weighted by atomic mass is 10.1. The molecule has 0 spiro atoms. The molecule has 4 aromatic rings. The Balaban J connectivity index is 1.77. The first-order valence-corrected chi connectivity index (χ1v) is 9.12. The molecule has 7 heteroatoms. The summed E-state index contributed by atoms with van der Waals surface area (Å²) >= 11 is 0. The number of ether oxygens (including phenoxy) is 2. The smallest absolute Gasteiger partial charge is 0.342 e. The van der Waals surface area contributed by atoms with Crippen molar-refractivity contribution in [2.24, 2.45) is 0 Å². The molecule has 0 aliphatic rings. The van der Waals surface area contributed by atoms with Gasteiger partial charge in [0.15, 0.2) is 5.82 Å². The van der Waals surface area contributed by atoms with Gasteiger partial charge in [0.25, 0.3) is 0 Å². The number of carbonyl (C=O) groups is 1. The summed E-state index contributed by atoms with van der Waals surface area (Å²) in [5.41, 5.74) is 1.77. The van der Waals surface area contributed by atoms with Crippen LogP contribution in [0.5, 0.6) is 11.6 Å². The van der Waals surface area contributed by atoms with Crippen LogP contribution >= 0.6 is 0 Å². The van der Waals surface area contributed by atoms with Gasteiger partial charge >= 0.3 is 5.97 Å². The zero-order valence-corrected chi connectivity index (χ0v) is 15.7. The third-order valence-electron chi connectivity index (χ3n) is 4.12. The van der Waals surface area contributed by atoms with Crippen LogP contribution in [0.2, 0.25) is 0 Å². The minimum Gasteiger partial charge on any atom is -0.462 e. The van der Waals surface area contributed by atoms with Crippen molar-refractivity contribution in [3.05, 3.63) is 84.8 Å². The molecule has 29 heavy (non-hydrogen) atoms. The normalized spacial score (nSPS) is 10.5. The lowest BCUT2D eigenvalue weighted by Gasteiger charge is -2.10. The molecule has 7 nitrogen and oxygen atoms in total. The molecule has 0 fully saturated rings. The second-order valence-electron chi connectivity index (χ2n) is 6.03. The fraction of sp³-hybridized carbons (Fsp3) is 0.0909. The minimum atomic E-state index is -0.438. The van der Waals surface area contributed by atoms with E-state index in [-0.39, 0.29) is 6.61 Å². The third-order valence-corrected chi connectivity index (χ3v) is 4.12. The van der Waals surface area contributed by atoms with Crippen LogP contribution in [0.25, 0.3) is 17.1 Å². The Hall–Kier alpha value is -4.00. The molecule has 2 aromatic carbocycles. The predicted molar refractivity (Wildman–Crippen MR) is 107 cm³/mol. The second-order valence-corrected chi connectivity index (χ2v) is 6.03. The highest BCUT2D eigenvalue weighted by Gasteiger charge is 2.21. The van der Waals surface area contributed by atoms with Gasteiger partial charge in [-0.2, -0.15) is 5.10 Å². The molecule has 4 rings (SSSR count). The minimum absolute atomic E-state index is 0.279. The van der Waals surface area contributed by atoms with E-state index in [9.17, 15) is 4.79 Å². The molecular formula is C22H18N4O3. The summed E-state index contributed by atoms with van der Waals surface area (Å²) in [6.07, 6.45) is 2.88. The van der Waals surface area contributed by atoms with Gasteiger partial charge in [0, 0.05) is 11.6 Å². The number of rotatable bonds is 6. The van der Waals surface area contributed by atoms with Gasteiger partial charge in [-0.25, -0.2) is 19.4 Å². The topological polar surface area (TPSA) is 79.1 Å². The molecule has 2 aromatic heterocycles. The summed E-state index contributed by atoms with van der Waals surface area (Å²) in [6, 6.07) is 20.5. The first-order chi connectivity index (χ1) is 14.3. The van der Waals surface area contributed by atoms with Crippen LogP contribution in [0.3, 0.4) is 0 Å². The van der Waals surface area contributed by atoms with Crippen molar-refractivity contribution in [2.75, 3.05) is 6.61 Å². The number of benzene rings is 2. The zero-order chi connectivity index (χ0) is 20.1. The zero-order valence-electron chi connectivity index (χ0n) is 15.7. The molecule has 0 aliphatic heterocycles. The van der Waals surface area contributed by atoms with Gasteiger partial charge in [0.1, 0.15) is 17.6 Å². The maximum Gasteiger partial charge on any atom is 0.342 e. The highest BCUT2D eigenvalue weighted by atomic mass is 16.5. The standard InChI is InChI=1S/C22H18N4O3/c1-2-28-22(27)18-14-25-26(21(18)16-9-5-3-6-10-16)19-13-20(24-15-23-19)29-17-11-7-4-8-12-17/h3-15H,2H2,1H3. The van der Waals surface area contributed by atoms with E-state index in [2.05, 4.69) is 15.1 Å². The molecule has 0 bridgehead atoms. The number of hydrogen-bond donors (Lipinski definition) is 0. The molecule has 0 amide bonds. The van der Waals surface area contributed by atoms with Crippen LogP contribution in [0.15, 0.2) is 79.3 Å². The van der Waals surface area contributed by atoms with Crippen molar-refractivity contribution in [2.45, 2.75) is 6.92 Å². The Morgan fingerprint density at radius 1 is 1.00 bits per heavy atom. The molecule has 0 radical (unpaired) electrons. The average molecular weight is 386 g/mol. The molecule has 0 N–H and O–H groups in total. The van der Waals surface area contributed by atoms with E-state index in [1.165, 1.54) is 12.5 Å². The monoisotopic (exact) mass is 386 g/mol. The van der Waals surface area contributed by atoms with Crippen molar-refractivity contribution in [1.82, 2.24) is 19.7 Å². The number of esters is 1. The van der Waals surface area contributed by atoms with Gasteiger partial charge in [-0.3, -0.25) is 0 Å². The van der Waals surface area contributed by atoms with Gasteiger partial charge in [-0.1, -0.05) is 48.5 Å². The highest BCUT2D eigenvalue weighted by molar-refractivity contribution is 5.96. The van der Waals surface area contributed by atoms with E-state index >= 15 is 0 Å². The van der Waals surface area contributed by atoms with Gasteiger partial charge in [-0.05, 0) is 19.1 Å². The first kappa shape index (κ1) is 18.4. The maximum absolute atomic E-state index is 12.5. The number of nitrogens with zero attached hydrogens (tertiary/aromatic N) is 4. The van der Waals surface area contributed by atoms with E-state index in [4.69, 9.17) is 9.47 Å². The lowest BCUT2D eigenvalue weighted by Crippen LogP contribution is -2.08. The second kappa shape index (κ2) is 8.35. The number of hydrogen-bond acceptors (Lipinski definition) is 6.